The number of carbonyl (C=O) groups is 1. The third-order valence-electron chi connectivity index (χ3n) is 2.89. The highest BCUT2D eigenvalue weighted by molar-refractivity contribution is 6.31. The molecule has 1 rings (SSSR count). The Balaban J connectivity index is 3.23. The van der Waals surface area contributed by atoms with Gasteiger partial charge in [0, 0.05) is 29.4 Å². The summed E-state index contributed by atoms with van der Waals surface area (Å²) in [6.07, 6.45) is 2.77. The summed E-state index contributed by atoms with van der Waals surface area (Å²) in [6, 6.07) is 5.84. The molecule has 0 aliphatic heterocycles. The van der Waals surface area contributed by atoms with Gasteiger partial charge in [-0.05, 0) is 43.5 Å². The van der Waals surface area contributed by atoms with E-state index in [1.165, 1.54) is 0 Å². The predicted octanol–water partition coefficient (Wildman–Crippen LogP) is 4.31. The van der Waals surface area contributed by atoms with Crippen LogP contribution in [0.1, 0.15) is 33.3 Å². The van der Waals surface area contributed by atoms with E-state index in [1.54, 1.807) is 12.1 Å². The molecule has 0 fully saturated rings. The van der Waals surface area contributed by atoms with Crippen LogP contribution in [0.3, 0.4) is 0 Å². The Kier molecular flexibility index (Phi) is 6.08. The third kappa shape index (κ3) is 4.89. The molecule has 0 aromatic heterocycles. The molecule has 0 atom stereocenters. The second-order valence-electron chi connectivity index (χ2n) is 5.51. The van der Waals surface area contributed by atoms with Crippen molar-refractivity contribution in [2.45, 2.75) is 33.7 Å². The largest absolute Gasteiger partial charge is 0.478 e. The van der Waals surface area contributed by atoms with Gasteiger partial charge in [0.05, 0.1) is 0 Å². The Hall–Kier alpha value is -1.48. The number of halogens is 1. The fourth-order valence-corrected chi connectivity index (χ4v) is 2.21. The van der Waals surface area contributed by atoms with Gasteiger partial charge in [0.2, 0.25) is 0 Å². The first-order valence-corrected chi connectivity index (χ1v) is 7.16. The molecule has 0 radical (unpaired) electrons. The molecule has 4 heteroatoms. The van der Waals surface area contributed by atoms with Gasteiger partial charge in [-0.3, -0.25) is 0 Å². The zero-order valence-electron chi connectivity index (χ0n) is 12.4. The van der Waals surface area contributed by atoms with Crippen LogP contribution in [0.2, 0.25) is 5.02 Å². The summed E-state index contributed by atoms with van der Waals surface area (Å²) in [5.41, 5.74) is 1.84. The third-order valence-corrected chi connectivity index (χ3v) is 3.13. The average molecular weight is 296 g/mol. The maximum absolute atomic E-state index is 10.7. The second-order valence-corrected chi connectivity index (χ2v) is 5.95. The molecule has 1 aromatic rings. The van der Waals surface area contributed by atoms with Gasteiger partial charge in [-0.2, -0.15) is 0 Å². The number of carboxylic acids is 1. The van der Waals surface area contributed by atoms with Crippen LogP contribution in [0.15, 0.2) is 24.3 Å². The molecule has 0 spiro atoms. The molecule has 0 unspecified atom stereocenters. The minimum Gasteiger partial charge on any atom is -0.478 e. The van der Waals surface area contributed by atoms with Crippen molar-refractivity contribution in [2.24, 2.45) is 5.92 Å². The number of anilines is 1. The fourth-order valence-electron chi connectivity index (χ4n) is 2.05. The van der Waals surface area contributed by atoms with Crippen molar-refractivity contribution < 1.29 is 9.90 Å². The first-order chi connectivity index (χ1) is 9.31. The van der Waals surface area contributed by atoms with Gasteiger partial charge in [0.15, 0.2) is 0 Å². The molecule has 20 heavy (non-hydrogen) atoms. The Morgan fingerprint density at radius 1 is 1.35 bits per heavy atom. The highest BCUT2D eigenvalue weighted by Gasteiger charge is 2.15. The van der Waals surface area contributed by atoms with Crippen molar-refractivity contribution in [1.29, 1.82) is 0 Å². The van der Waals surface area contributed by atoms with Crippen molar-refractivity contribution in [2.75, 3.05) is 11.4 Å². The highest BCUT2D eigenvalue weighted by Crippen LogP contribution is 2.28. The molecular formula is C16H22ClNO2. The van der Waals surface area contributed by atoms with Crippen LogP contribution >= 0.6 is 11.6 Å². The zero-order valence-corrected chi connectivity index (χ0v) is 13.2. The summed E-state index contributed by atoms with van der Waals surface area (Å²) in [6.45, 7) is 9.45. The molecule has 1 aromatic carbocycles. The molecule has 110 valence electrons. The molecule has 0 aliphatic rings. The van der Waals surface area contributed by atoms with E-state index in [2.05, 4.69) is 32.6 Å². The van der Waals surface area contributed by atoms with Gasteiger partial charge in [0.25, 0.3) is 0 Å². The summed E-state index contributed by atoms with van der Waals surface area (Å²) in [5, 5.41) is 9.44. The Morgan fingerprint density at radius 2 is 2.00 bits per heavy atom. The predicted molar refractivity (Wildman–Crippen MR) is 85.4 cm³/mol. The lowest BCUT2D eigenvalue weighted by Crippen LogP contribution is -2.34. The number of hydrogen-bond acceptors (Lipinski definition) is 2. The monoisotopic (exact) mass is 295 g/mol. The van der Waals surface area contributed by atoms with E-state index in [4.69, 9.17) is 16.7 Å². The fraction of sp³-hybridized carbons (Fsp3) is 0.438. The summed E-state index contributed by atoms with van der Waals surface area (Å²) in [5.74, 6) is -0.446. The Morgan fingerprint density at radius 3 is 2.50 bits per heavy atom. The summed E-state index contributed by atoms with van der Waals surface area (Å²) in [4.78, 5) is 13.0. The smallest absolute Gasteiger partial charge is 0.328 e. The van der Waals surface area contributed by atoms with Crippen LogP contribution in [-0.4, -0.2) is 23.7 Å². The number of carboxylic acid groups (broad SMARTS) is 1. The van der Waals surface area contributed by atoms with Crippen LogP contribution in [0.5, 0.6) is 0 Å². The lowest BCUT2D eigenvalue weighted by Gasteiger charge is -2.32. The number of rotatable bonds is 6. The van der Waals surface area contributed by atoms with E-state index in [0.717, 1.165) is 23.9 Å². The molecule has 0 saturated carbocycles. The first kappa shape index (κ1) is 16.6. The molecule has 3 nitrogen and oxygen atoms in total. The van der Waals surface area contributed by atoms with Crippen LogP contribution in [0.25, 0.3) is 6.08 Å². The normalized spacial score (nSPS) is 11.6. The Bertz CT molecular complexity index is 495. The lowest BCUT2D eigenvalue weighted by atomic mass is 10.1. The number of aliphatic carboxylic acids is 1. The summed E-state index contributed by atoms with van der Waals surface area (Å²) >= 11 is 6.10. The van der Waals surface area contributed by atoms with Gasteiger partial charge in [-0.15, -0.1) is 0 Å². The van der Waals surface area contributed by atoms with Gasteiger partial charge >= 0.3 is 5.97 Å². The topological polar surface area (TPSA) is 40.5 Å². The van der Waals surface area contributed by atoms with Gasteiger partial charge in [-0.25, -0.2) is 4.79 Å². The van der Waals surface area contributed by atoms with Crippen LogP contribution in [-0.2, 0) is 4.79 Å². The molecular weight excluding hydrogens is 274 g/mol. The van der Waals surface area contributed by atoms with Gasteiger partial charge in [-0.1, -0.05) is 31.5 Å². The van der Waals surface area contributed by atoms with Crippen molar-refractivity contribution in [3.05, 3.63) is 34.9 Å². The number of benzene rings is 1. The van der Waals surface area contributed by atoms with Crippen molar-refractivity contribution in [1.82, 2.24) is 0 Å². The van der Waals surface area contributed by atoms with Crippen LogP contribution in [0.4, 0.5) is 5.69 Å². The van der Waals surface area contributed by atoms with Crippen molar-refractivity contribution in [3.63, 3.8) is 0 Å². The quantitative estimate of drug-likeness (QED) is 0.795. The maximum atomic E-state index is 10.7. The maximum Gasteiger partial charge on any atom is 0.328 e. The summed E-state index contributed by atoms with van der Waals surface area (Å²) < 4.78 is 0. The molecule has 0 heterocycles. The summed E-state index contributed by atoms with van der Waals surface area (Å²) in [7, 11) is 0. The standard InChI is InChI=1S/C16H22ClNO2/c1-11(2)10-18(12(3)4)15-9-14(17)7-5-13(15)6-8-16(19)20/h5-9,11-12H,10H2,1-4H3,(H,19,20)/b8-6+. The number of hydrogen-bond donors (Lipinski definition) is 1. The van der Waals surface area contributed by atoms with Gasteiger partial charge < -0.3 is 10.0 Å². The SMILES string of the molecule is CC(C)CN(c1cc(Cl)ccc1/C=C/C(=O)O)C(C)C. The molecule has 0 aliphatic carbocycles. The molecule has 1 N–H and O–H groups in total. The van der Waals surface area contributed by atoms with E-state index < -0.39 is 5.97 Å². The van der Waals surface area contributed by atoms with Crippen LogP contribution in [0, 0.1) is 5.92 Å². The van der Waals surface area contributed by atoms with E-state index in [1.807, 2.05) is 12.1 Å². The first-order valence-electron chi connectivity index (χ1n) is 6.78. The van der Waals surface area contributed by atoms with Crippen molar-refractivity contribution in [3.8, 4) is 0 Å². The molecule has 0 bridgehead atoms. The highest BCUT2D eigenvalue weighted by atomic mass is 35.5. The van der Waals surface area contributed by atoms with Gasteiger partial charge in [0.1, 0.15) is 0 Å². The Labute approximate surface area is 125 Å². The minimum atomic E-state index is -0.953. The van der Waals surface area contributed by atoms with Crippen LogP contribution < -0.4 is 4.90 Å². The average Bonchev–Trinajstić information content (AvgIpc) is 2.33. The number of nitrogens with zero attached hydrogens (tertiary/aromatic N) is 1. The van der Waals surface area contributed by atoms with Crippen molar-refractivity contribution >= 4 is 29.3 Å². The minimum absolute atomic E-state index is 0.313. The van der Waals surface area contributed by atoms with E-state index in [0.29, 0.717) is 17.0 Å². The molecule has 0 saturated heterocycles. The molecule has 0 amide bonds. The lowest BCUT2D eigenvalue weighted by molar-refractivity contribution is -0.131. The van der Waals surface area contributed by atoms with E-state index >= 15 is 0 Å². The zero-order chi connectivity index (χ0) is 15.3. The van der Waals surface area contributed by atoms with E-state index in [-0.39, 0.29) is 0 Å². The second kappa shape index (κ2) is 7.34. The van der Waals surface area contributed by atoms with E-state index in [9.17, 15) is 4.79 Å².